The minimum Gasteiger partial charge on any atom is -0.295 e. The van der Waals surface area contributed by atoms with Crippen molar-refractivity contribution >= 4 is 10.0 Å². The molecule has 0 aliphatic rings. The zero-order chi connectivity index (χ0) is 14.0. The highest BCUT2D eigenvalue weighted by molar-refractivity contribution is 7.89. The van der Waals surface area contributed by atoms with Crippen LogP contribution in [0.2, 0.25) is 0 Å². The van der Waals surface area contributed by atoms with E-state index < -0.39 is 15.6 Å². The fraction of sp³-hybridized carbons (Fsp3) is 0.385. The molecule has 1 aromatic carbocycles. The van der Waals surface area contributed by atoms with Crippen LogP contribution in [0.4, 0.5) is 0 Å². The van der Waals surface area contributed by atoms with E-state index in [0.29, 0.717) is 0 Å². The van der Waals surface area contributed by atoms with Gasteiger partial charge in [-0.1, -0.05) is 18.1 Å². The zero-order valence-electron chi connectivity index (χ0n) is 10.8. The molecular weight excluding hydrogens is 248 g/mol. The Morgan fingerprint density at radius 2 is 2.06 bits per heavy atom. The molecular formula is C13H18N2O2S. The van der Waals surface area contributed by atoms with Gasteiger partial charge in [-0.2, -0.15) is 0 Å². The maximum Gasteiger partial charge on any atom is 0.238 e. The molecule has 0 aliphatic heterocycles. The Hall–Kier alpha value is -1.35. The van der Waals surface area contributed by atoms with Gasteiger partial charge < -0.3 is 0 Å². The molecule has 1 rings (SSSR count). The van der Waals surface area contributed by atoms with E-state index in [-0.39, 0.29) is 10.9 Å². The molecule has 0 aliphatic carbocycles. The fourth-order valence-corrected chi connectivity index (χ4v) is 2.20. The third-order valence-electron chi connectivity index (χ3n) is 2.62. The topological polar surface area (TPSA) is 72.2 Å². The molecule has 0 heterocycles. The smallest absolute Gasteiger partial charge is 0.238 e. The molecule has 3 N–H and O–H groups in total. The van der Waals surface area contributed by atoms with E-state index in [0.717, 1.165) is 5.56 Å². The van der Waals surface area contributed by atoms with E-state index in [2.05, 4.69) is 11.2 Å². The Morgan fingerprint density at radius 3 is 2.56 bits per heavy atom. The van der Waals surface area contributed by atoms with E-state index in [1.54, 1.807) is 12.1 Å². The summed E-state index contributed by atoms with van der Waals surface area (Å²) in [5.41, 5.74) is 0.363. The predicted octanol–water partition coefficient (Wildman–Crippen LogP) is 1.40. The number of nitrogens with one attached hydrogen (secondary N) is 1. The van der Waals surface area contributed by atoms with E-state index in [1.807, 2.05) is 26.8 Å². The summed E-state index contributed by atoms with van der Waals surface area (Å²) in [5, 5.41) is 8.33. The fourth-order valence-electron chi connectivity index (χ4n) is 1.63. The summed E-state index contributed by atoms with van der Waals surface area (Å²) >= 11 is 0. The van der Waals surface area contributed by atoms with E-state index >= 15 is 0 Å². The summed E-state index contributed by atoms with van der Waals surface area (Å²) in [6.07, 6.45) is 5.40. The van der Waals surface area contributed by atoms with Gasteiger partial charge in [-0.05, 0) is 38.5 Å². The molecule has 1 aromatic rings. The van der Waals surface area contributed by atoms with Crippen LogP contribution in [-0.2, 0) is 10.0 Å². The maximum atomic E-state index is 11.3. The largest absolute Gasteiger partial charge is 0.295 e. The molecule has 0 spiro atoms. The number of benzene rings is 1. The summed E-state index contributed by atoms with van der Waals surface area (Å²) < 4.78 is 22.5. The SMILES string of the molecule is C#CC(C)(C)NC(C)c1cccc(S(N)(=O)=O)c1. The highest BCUT2D eigenvalue weighted by atomic mass is 32.2. The van der Waals surface area contributed by atoms with Crippen LogP contribution in [0.25, 0.3) is 0 Å². The second-order valence-corrected chi connectivity index (χ2v) is 6.31. The minimum absolute atomic E-state index is 0.0715. The predicted molar refractivity (Wildman–Crippen MR) is 72.3 cm³/mol. The lowest BCUT2D eigenvalue weighted by Crippen LogP contribution is -2.39. The van der Waals surface area contributed by atoms with Crippen LogP contribution < -0.4 is 10.5 Å². The number of hydrogen-bond acceptors (Lipinski definition) is 3. The number of hydrogen-bond donors (Lipinski definition) is 2. The summed E-state index contributed by atoms with van der Waals surface area (Å²) in [6.45, 7) is 5.68. The summed E-state index contributed by atoms with van der Waals surface area (Å²) in [5.74, 6) is 2.63. The Labute approximate surface area is 109 Å². The Morgan fingerprint density at radius 1 is 1.44 bits per heavy atom. The lowest BCUT2D eigenvalue weighted by molar-refractivity contribution is 0.431. The molecule has 98 valence electrons. The molecule has 0 saturated carbocycles. The third-order valence-corrected chi connectivity index (χ3v) is 3.54. The summed E-state index contributed by atoms with van der Waals surface area (Å²) in [4.78, 5) is 0.104. The van der Waals surface area contributed by atoms with Gasteiger partial charge in [0.05, 0.1) is 10.4 Å². The first-order chi connectivity index (χ1) is 8.15. The van der Waals surface area contributed by atoms with Crippen molar-refractivity contribution in [3.8, 4) is 12.3 Å². The van der Waals surface area contributed by atoms with Gasteiger partial charge in [0.2, 0.25) is 10.0 Å². The lowest BCUT2D eigenvalue weighted by Gasteiger charge is -2.25. The van der Waals surface area contributed by atoms with Crippen LogP contribution in [0.1, 0.15) is 32.4 Å². The normalized spacial score (nSPS) is 13.9. The van der Waals surface area contributed by atoms with Crippen LogP contribution in [0.3, 0.4) is 0 Å². The standard InChI is InChI=1S/C13H18N2O2S/c1-5-13(3,4)15-10(2)11-7-6-8-12(9-11)18(14,16)17/h1,6-10,15H,2-4H3,(H2,14,16,17). The van der Waals surface area contributed by atoms with Crippen molar-refractivity contribution in [1.29, 1.82) is 0 Å². The van der Waals surface area contributed by atoms with Gasteiger partial charge in [0.15, 0.2) is 0 Å². The second-order valence-electron chi connectivity index (χ2n) is 4.75. The second kappa shape index (κ2) is 5.11. The average Bonchev–Trinajstić information content (AvgIpc) is 2.27. The van der Waals surface area contributed by atoms with Gasteiger partial charge in [0.25, 0.3) is 0 Å². The average molecular weight is 266 g/mol. The Bertz CT molecular complexity index is 571. The van der Waals surface area contributed by atoms with Crippen molar-refractivity contribution in [2.75, 3.05) is 0 Å². The van der Waals surface area contributed by atoms with Crippen molar-refractivity contribution < 1.29 is 8.42 Å². The van der Waals surface area contributed by atoms with E-state index in [4.69, 9.17) is 11.6 Å². The number of primary sulfonamides is 1. The number of sulfonamides is 1. The van der Waals surface area contributed by atoms with Crippen molar-refractivity contribution in [2.24, 2.45) is 5.14 Å². The first-order valence-corrected chi connectivity index (χ1v) is 7.08. The lowest BCUT2D eigenvalue weighted by atomic mass is 10.0. The molecule has 4 nitrogen and oxygen atoms in total. The molecule has 0 amide bonds. The Balaban J connectivity index is 3.02. The van der Waals surface area contributed by atoms with E-state index in [9.17, 15) is 8.42 Å². The van der Waals surface area contributed by atoms with Gasteiger partial charge in [0, 0.05) is 6.04 Å². The highest BCUT2D eigenvalue weighted by Gasteiger charge is 2.18. The van der Waals surface area contributed by atoms with Gasteiger partial charge >= 0.3 is 0 Å². The van der Waals surface area contributed by atoms with Gasteiger partial charge in [0.1, 0.15) is 0 Å². The summed E-state index contributed by atoms with van der Waals surface area (Å²) in [6, 6.07) is 6.45. The van der Waals surface area contributed by atoms with Gasteiger partial charge in [-0.15, -0.1) is 6.42 Å². The Kier molecular flexibility index (Phi) is 4.17. The first-order valence-electron chi connectivity index (χ1n) is 5.54. The van der Waals surface area contributed by atoms with Crippen molar-refractivity contribution in [1.82, 2.24) is 5.32 Å². The monoisotopic (exact) mass is 266 g/mol. The van der Waals surface area contributed by atoms with Crippen LogP contribution in [0.15, 0.2) is 29.2 Å². The highest BCUT2D eigenvalue weighted by Crippen LogP contribution is 2.19. The molecule has 0 saturated heterocycles. The molecule has 1 atom stereocenters. The quantitative estimate of drug-likeness (QED) is 0.809. The molecule has 18 heavy (non-hydrogen) atoms. The summed E-state index contributed by atoms with van der Waals surface area (Å²) in [7, 11) is -3.68. The van der Waals surface area contributed by atoms with Gasteiger partial charge in [-0.3, -0.25) is 5.32 Å². The number of rotatable bonds is 4. The first kappa shape index (κ1) is 14.7. The van der Waals surface area contributed by atoms with Crippen LogP contribution in [0, 0.1) is 12.3 Å². The van der Waals surface area contributed by atoms with Gasteiger partial charge in [-0.25, -0.2) is 13.6 Å². The number of terminal acetylenes is 1. The van der Waals surface area contributed by atoms with Crippen LogP contribution >= 0.6 is 0 Å². The maximum absolute atomic E-state index is 11.3. The molecule has 5 heteroatoms. The molecule has 0 aromatic heterocycles. The molecule has 0 fully saturated rings. The molecule has 0 bridgehead atoms. The number of nitrogens with two attached hydrogens (primary N) is 1. The van der Waals surface area contributed by atoms with Crippen molar-refractivity contribution in [2.45, 2.75) is 37.2 Å². The third kappa shape index (κ3) is 3.84. The van der Waals surface area contributed by atoms with Crippen LogP contribution in [0.5, 0.6) is 0 Å². The van der Waals surface area contributed by atoms with E-state index in [1.165, 1.54) is 6.07 Å². The molecule has 1 unspecified atom stereocenters. The van der Waals surface area contributed by atoms with Crippen molar-refractivity contribution in [3.05, 3.63) is 29.8 Å². The minimum atomic E-state index is -3.68. The van der Waals surface area contributed by atoms with Crippen molar-refractivity contribution in [3.63, 3.8) is 0 Å². The molecule has 0 radical (unpaired) electrons. The zero-order valence-corrected chi connectivity index (χ0v) is 11.6. The van der Waals surface area contributed by atoms with Crippen LogP contribution in [-0.4, -0.2) is 14.0 Å².